The highest BCUT2D eigenvalue weighted by atomic mass is 79.9. The summed E-state index contributed by atoms with van der Waals surface area (Å²) in [6.45, 7) is 0.488. The van der Waals surface area contributed by atoms with E-state index in [1.807, 2.05) is 13.2 Å². The van der Waals surface area contributed by atoms with Gasteiger partial charge in [0, 0.05) is 25.4 Å². The fourth-order valence-electron chi connectivity index (χ4n) is 1.66. The minimum Gasteiger partial charge on any atom is -0.352 e. The number of carbonyl (C=O) groups excluding carboxylic acids is 1. The van der Waals surface area contributed by atoms with Gasteiger partial charge in [-0.05, 0) is 46.1 Å². The molecule has 0 aliphatic heterocycles. The van der Waals surface area contributed by atoms with Crippen LogP contribution in [-0.4, -0.2) is 22.2 Å². The molecule has 0 unspecified atom stereocenters. The van der Waals surface area contributed by atoms with Crippen LogP contribution in [0.25, 0.3) is 0 Å². The summed E-state index contributed by atoms with van der Waals surface area (Å²) in [5.41, 5.74) is 1.36. The van der Waals surface area contributed by atoms with Crippen molar-refractivity contribution >= 4 is 21.8 Å². The minimum atomic E-state index is -0.445. The summed E-state index contributed by atoms with van der Waals surface area (Å²) >= 11 is 3.05. The number of carbonyl (C=O) groups is 1. The third-order valence-electron chi connectivity index (χ3n) is 2.64. The number of rotatable bonds is 4. The lowest BCUT2D eigenvalue weighted by Crippen LogP contribution is -2.25. The first kappa shape index (κ1) is 13.7. The highest BCUT2D eigenvalue weighted by Crippen LogP contribution is 2.16. The molecule has 100 valence electrons. The summed E-state index contributed by atoms with van der Waals surface area (Å²) < 4.78 is 15.3. The highest BCUT2D eigenvalue weighted by molar-refractivity contribution is 9.10. The van der Waals surface area contributed by atoms with Crippen LogP contribution in [0.4, 0.5) is 4.39 Å². The Labute approximate surface area is 118 Å². The standard InChI is InChI=1S/C13H13BrFN3O/c1-18-8-9(7-17-18)4-5-16-13(19)10-2-3-11(14)12(15)6-10/h2-3,6-8H,4-5H2,1H3,(H,16,19). The summed E-state index contributed by atoms with van der Waals surface area (Å²) in [5.74, 6) is -0.727. The van der Waals surface area contributed by atoms with Crippen LogP contribution >= 0.6 is 15.9 Å². The summed E-state index contributed by atoms with van der Waals surface area (Å²) in [6, 6.07) is 4.31. The van der Waals surface area contributed by atoms with Crippen LogP contribution in [0.1, 0.15) is 15.9 Å². The highest BCUT2D eigenvalue weighted by Gasteiger charge is 2.08. The average Bonchev–Trinajstić information content (AvgIpc) is 2.78. The zero-order valence-corrected chi connectivity index (χ0v) is 11.9. The number of benzene rings is 1. The molecule has 1 amide bonds. The molecule has 1 heterocycles. The van der Waals surface area contributed by atoms with Crippen molar-refractivity contribution < 1.29 is 9.18 Å². The van der Waals surface area contributed by atoms with Crippen LogP contribution in [0.2, 0.25) is 0 Å². The molecule has 0 bridgehead atoms. The van der Waals surface area contributed by atoms with Gasteiger partial charge in [-0.15, -0.1) is 0 Å². The van der Waals surface area contributed by atoms with Crippen molar-refractivity contribution in [2.45, 2.75) is 6.42 Å². The third-order valence-corrected chi connectivity index (χ3v) is 3.28. The number of hydrogen-bond donors (Lipinski definition) is 1. The Balaban J connectivity index is 1.89. The monoisotopic (exact) mass is 325 g/mol. The van der Waals surface area contributed by atoms with Crippen LogP contribution in [0.5, 0.6) is 0 Å². The number of hydrogen-bond acceptors (Lipinski definition) is 2. The van der Waals surface area contributed by atoms with Gasteiger partial charge < -0.3 is 5.32 Å². The summed E-state index contributed by atoms with van der Waals surface area (Å²) in [7, 11) is 1.84. The number of nitrogens with one attached hydrogen (secondary N) is 1. The topological polar surface area (TPSA) is 46.9 Å². The molecule has 0 atom stereocenters. The zero-order valence-electron chi connectivity index (χ0n) is 10.4. The largest absolute Gasteiger partial charge is 0.352 e. The van der Waals surface area contributed by atoms with Gasteiger partial charge in [-0.25, -0.2) is 4.39 Å². The fraction of sp³-hybridized carbons (Fsp3) is 0.231. The molecule has 0 saturated carbocycles. The van der Waals surface area contributed by atoms with Gasteiger partial charge in [0.15, 0.2) is 0 Å². The van der Waals surface area contributed by atoms with Gasteiger partial charge in [-0.2, -0.15) is 5.10 Å². The van der Waals surface area contributed by atoms with Gasteiger partial charge in [-0.3, -0.25) is 9.48 Å². The van der Waals surface area contributed by atoms with Crippen LogP contribution in [-0.2, 0) is 13.5 Å². The summed E-state index contributed by atoms with van der Waals surface area (Å²) in [5, 5.41) is 6.79. The second-order valence-corrected chi connectivity index (χ2v) is 5.01. The van der Waals surface area contributed by atoms with Crippen LogP contribution in [0.15, 0.2) is 35.1 Å². The molecule has 2 aromatic rings. The van der Waals surface area contributed by atoms with E-state index < -0.39 is 5.82 Å². The lowest BCUT2D eigenvalue weighted by Gasteiger charge is -2.05. The van der Waals surface area contributed by atoms with Gasteiger partial charge in [-0.1, -0.05) is 0 Å². The van der Waals surface area contributed by atoms with Gasteiger partial charge in [0.05, 0.1) is 10.7 Å². The second kappa shape index (κ2) is 5.97. The Morgan fingerprint density at radius 2 is 2.32 bits per heavy atom. The maximum Gasteiger partial charge on any atom is 0.251 e. The Morgan fingerprint density at radius 1 is 1.53 bits per heavy atom. The van der Waals surface area contributed by atoms with E-state index in [9.17, 15) is 9.18 Å². The van der Waals surface area contributed by atoms with E-state index in [0.29, 0.717) is 23.0 Å². The lowest BCUT2D eigenvalue weighted by molar-refractivity contribution is 0.0953. The Kier molecular flexibility index (Phi) is 4.31. The molecule has 4 nitrogen and oxygen atoms in total. The summed E-state index contributed by atoms with van der Waals surface area (Å²) in [6.07, 6.45) is 4.34. The quantitative estimate of drug-likeness (QED) is 0.937. The van der Waals surface area contributed by atoms with Crippen LogP contribution in [0, 0.1) is 5.82 Å². The molecule has 0 spiro atoms. The predicted octanol–water partition coefficient (Wildman–Crippen LogP) is 2.29. The van der Waals surface area contributed by atoms with E-state index in [2.05, 4.69) is 26.3 Å². The van der Waals surface area contributed by atoms with Crippen LogP contribution in [0.3, 0.4) is 0 Å². The molecular formula is C13H13BrFN3O. The van der Waals surface area contributed by atoms with Crippen molar-refractivity contribution in [1.29, 1.82) is 0 Å². The van der Waals surface area contributed by atoms with E-state index in [0.717, 1.165) is 5.56 Å². The molecule has 0 radical (unpaired) electrons. The van der Waals surface area contributed by atoms with Gasteiger partial charge in [0.25, 0.3) is 5.91 Å². The van der Waals surface area contributed by atoms with Gasteiger partial charge in [0.2, 0.25) is 0 Å². The van der Waals surface area contributed by atoms with Gasteiger partial charge >= 0.3 is 0 Å². The minimum absolute atomic E-state index is 0.282. The Hall–Kier alpha value is -1.69. The van der Waals surface area contributed by atoms with Crippen LogP contribution < -0.4 is 5.32 Å². The molecule has 0 aliphatic carbocycles. The molecule has 2 rings (SSSR count). The maximum atomic E-state index is 13.3. The smallest absolute Gasteiger partial charge is 0.251 e. The Morgan fingerprint density at radius 3 is 2.95 bits per heavy atom. The van der Waals surface area contributed by atoms with Crippen molar-refractivity contribution in [2.75, 3.05) is 6.54 Å². The first-order valence-electron chi connectivity index (χ1n) is 5.77. The third kappa shape index (κ3) is 3.64. The fourth-order valence-corrected chi connectivity index (χ4v) is 1.91. The molecule has 0 aliphatic rings. The zero-order chi connectivity index (χ0) is 13.8. The van der Waals surface area contributed by atoms with Crippen molar-refractivity contribution in [2.24, 2.45) is 7.05 Å². The molecule has 6 heteroatoms. The number of aromatic nitrogens is 2. The Bertz CT molecular complexity index is 597. The van der Waals surface area contributed by atoms with E-state index in [1.165, 1.54) is 12.1 Å². The first-order chi connectivity index (χ1) is 9.06. The molecule has 19 heavy (non-hydrogen) atoms. The van der Waals surface area contributed by atoms with Crippen molar-refractivity contribution in [3.63, 3.8) is 0 Å². The first-order valence-corrected chi connectivity index (χ1v) is 6.56. The summed E-state index contributed by atoms with van der Waals surface area (Å²) in [4.78, 5) is 11.8. The second-order valence-electron chi connectivity index (χ2n) is 4.16. The molecule has 1 aromatic heterocycles. The number of amides is 1. The molecule has 1 aromatic carbocycles. The van der Waals surface area contributed by atoms with Crippen molar-refractivity contribution in [1.82, 2.24) is 15.1 Å². The molecular weight excluding hydrogens is 313 g/mol. The van der Waals surface area contributed by atoms with Crippen molar-refractivity contribution in [3.05, 3.63) is 52.0 Å². The number of nitrogens with zero attached hydrogens (tertiary/aromatic N) is 2. The molecule has 0 fully saturated rings. The van der Waals surface area contributed by atoms with Gasteiger partial charge in [0.1, 0.15) is 5.82 Å². The maximum absolute atomic E-state index is 13.3. The lowest BCUT2D eigenvalue weighted by atomic mass is 10.2. The average molecular weight is 326 g/mol. The van der Waals surface area contributed by atoms with E-state index in [-0.39, 0.29) is 5.91 Å². The van der Waals surface area contributed by atoms with E-state index >= 15 is 0 Å². The molecule has 1 N–H and O–H groups in total. The van der Waals surface area contributed by atoms with Crippen molar-refractivity contribution in [3.8, 4) is 0 Å². The number of aryl methyl sites for hydroxylation is 1. The van der Waals surface area contributed by atoms with E-state index in [1.54, 1.807) is 16.9 Å². The SMILES string of the molecule is Cn1cc(CCNC(=O)c2ccc(Br)c(F)c2)cn1. The molecule has 0 saturated heterocycles. The normalized spacial score (nSPS) is 10.5. The van der Waals surface area contributed by atoms with E-state index in [4.69, 9.17) is 0 Å². The predicted molar refractivity (Wildman–Crippen MR) is 73.3 cm³/mol. The number of halogens is 2.